The lowest BCUT2D eigenvalue weighted by Gasteiger charge is -2.06. The Labute approximate surface area is 163 Å². The first kappa shape index (κ1) is 16.8. The van der Waals surface area contributed by atoms with Gasteiger partial charge in [-0.05, 0) is 60.7 Å². The Morgan fingerprint density at radius 2 is 1.46 bits per heavy atom. The quantitative estimate of drug-likeness (QED) is 0.457. The highest BCUT2D eigenvalue weighted by Crippen LogP contribution is 2.23. The minimum absolute atomic E-state index is 0.233. The Bertz CT molecular complexity index is 1100. The first-order valence-electron chi connectivity index (χ1n) is 7.93. The molecule has 0 aliphatic carbocycles. The molecule has 0 saturated carbocycles. The minimum atomic E-state index is -0.233. The molecule has 128 valence electrons. The fourth-order valence-corrected chi connectivity index (χ4v) is 3.10. The SMILES string of the molecule is O=c1n(-c2ccccc2)nc(-c2ccc(Cl)cc2)n1-c1ccc(Br)cc1. The Kier molecular flexibility index (Phi) is 4.49. The Hall–Kier alpha value is -2.63. The summed E-state index contributed by atoms with van der Waals surface area (Å²) in [5.41, 5.74) is 2.03. The Balaban J connectivity index is 1.98. The van der Waals surface area contributed by atoms with Crippen molar-refractivity contribution in [2.75, 3.05) is 0 Å². The molecule has 0 aliphatic rings. The number of halogens is 2. The third-order valence-corrected chi connectivity index (χ3v) is 4.75. The number of rotatable bonds is 3. The van der Waals surface area contributed by atoms with E-state index in [0.717, 1.165) is 15.7 Å². The van der Waals surface area contributed by atoms with Crippen molar-refractivity contribution in [2.24, 2.45) is 0 Å². The van der Waals surface area contributed by atoms with E-state index in [1.165, 1.54) is 4.68 Å². The normalized spacial score (nSPS) is 10.8. The van der Waals surface area contributed by atoms with Gasteiger partial charge in [0, 0.05) is 15.1 Å². The van der Waals surface area contributed by atoms with E-state index in [1.54, 1.807) is 16.7 Å². The predicted octanol–water partition coefficient (Wildman–Crippen LogP) is 5.11. The molecule has 1 aromatic heterocycles. The maximum Gasteiger partial charge on any atom is 0.355 e. The van der Waals surface area contributed by atoms with Crippen LogP contribution in [0.5, 0.6) is 0 Å². The van der Waals surface area contributed by atoms with E-state index < -0.39 is 0 Å². The Morgan fingerprint density at radius 1 is 0.808 bits per heavy atom. The van der Waals surface area contributed by atoms with Gasteiger partial charge >= 0.3 is 5.69 Å². The fraction of sp³-hybridized carbons (Fsp3) is 0. The van der Waals surface area contributed by atoms with Crippen molar-refractivity contribution in [2.45, 2.75) is 0 Å². The first-order chi connectivity index (χ1) is 12.6. The molecule has 0 spiro atoms. The molecule has 0 unspecified atom stereocenters. The van der Waals surface area contributed by atoms with Crippen LogP contribution in [0.25, 0.3) is 22.8 Å². The first-order valence-corrected chi connectivity index (χ1v) is 9.10. The van der Waals surface area contributed by atoms with Gasteiger partial charge in [-0.2, -0.15) is 4.68 Å². The molecule has 0 amide bonds. The highest BCUT2D eigenvalue weighted by atomic mass is 79.9. The average molecular weight is 427 g/mol. The molecule has 26 heavy (non-hydrogen) atoms. The van der Waals surface area contributed by atoms with Gasteiger partial charge in [0.15, 0.2) is 5.82 Å². The highest BCUT2D eigenvalue weighted by molar-refractivity contribution is 9.10. The van der Waals surface area contributed by atoms with Crippen LogP contribution in [-0.4, -0.2) is 14.3 Å². The van der Waals surface area contributed by atoms with Gasteiger partial charge in [-0.15, -0.1) is 5.10 Å². The van der Waals surface area contributed by atoms with Gasteiger partial charge in [0.1, 0.15) is 0 Å². The summed E-state index contributed by atoms with van der Waals surface area (Å²) in [6.45, 7) is 0. The molecule has 4 aromatic rings. The van der Waals surface area contributed by atoms with Crippen molar-refractivity contribution in [3.63, 3.8) is 0 Å². The number of hydrogen-bond donors (Lipinski definition) is 0. The van der Waals surface area contributed by atoms with Crippen LogP contribution in [0.2, 0.25) is 5.02 Å². The third kappa shape index (κ3) is 3.11. The van der Waals surface area contributed by atoms with E-state index in [1.807, 2.05) is 66.7 Å². The Morgan fingerprint density at radius 3 is 2.12 bits per heavy atom. The molecule has 0 radical (unpaired) electrons. The van der Waals surface area contributed by atoms with Crippen LogP contribution in [0, 0.1) is 0 Å². The van der Waals surface area contributed by atoms with Crippen molar-refractivity contribution in [3.8, 4) is 22.8 Å². The summed E-state index contributed by atoms with van der Waals surface area (Å²) < 4.78 is 3.95. The average Bonchev–Trinajstić information content (AvgIpc) is 3.01. The predicted molar refractivity (Wildman–Crippen MR) is 107 cm³/mol. The van der Waals surface area contributed by atoms with E-state index >= 15 is 0 Å². The molecule has 0 bridgehead atoms. The lowest BCUT2D eigenvalue weighted by Crippen LogP contribution is -2.22. The highest BCUT2D eigenvalue weighted by Gasteiger charge is 2.17. The summed E-state index contributed by atoms with van der Waals surface area (Å²) in [4.78, 5) is 13.1. The standard InChI is InChI=1S/C20H13BrClN3O/c21-15-8-12-17(13-9-15)24-19(14-6-10-16(22)11-7-14)23-25(20(24)26)18-4-2-1-3-5-18/h1-13H. The lowest BCUT2D eigenvalue weighted by molar-refractivity contribution is 0.830. The van der Waals surface area contributed by atoms with Gasteiger partial charge in [0.2, 0.25) is 0 Å². The van der Waals surface area contributed by atoms with Crippen molar-refractivity contribution < 1.29 is 0 Å². The summed E-state index contributed by atoms with van der Waals surface area (Å²) in [6.07, 6.45) is 0. The smallest absolute Gasteiger partial charge is 0.245 e. The van der Waals surface area contributed by atoms with E-state index in [-0.39, 0.29) is 5.69 Å². The maximum atomic E-state index is 13.1. The number of aromatic nitrogens is 3. The molecule has 0 N–H and O–H groups in total. The van der Waals surface area contributed by atoms with E-state index in [4.69, 9.17) is 11.6 Å². The van der Waals surface area contributed by atoms with Gasteiger partial charge in [0.05, 0.1) is 11.4 Å². The second-order valence-corrected chi connectivity index (χ2v) is 7.02. The van der Waals surface area contributed by atoms with Gasteiger partial charge in [-0.3, -0.25) is 0 Å². The molecule has 6 heteroatoms. The molecular weight excluding hydrogens is 414 g/mol. The lowest BCUT2D eigenvalue weighted by atomic mass is 10.2. The van der Waals surface area contributed by atoms with E-state index in [2.05, 4.69) is 21.0 Å². The summed E-state index contributed by atoms with van der Waals surface area (Å²) in [7, 11) is 0. The summed E-state index contributed by atoms with van der Waals surface area (Å²) in [5.74, 6) is 0.554. The van der Waals surface area contributed by atoms with Gasteiger partial charge < -0.3 is 0 Å². The summed E-state index contributed by atoms with van der Waals surface area (Å²) in [6, 6.07) is 24.2. The fourth-order valence-electron chi connectivity index (χ4n) is 2.71. The van der Waals surface area contributed by atoms with Crippen LogP contribution in [-0.2, 0) is 0 Å². The molecule has 1 heterocycles. The van der Waals surface area contributed by atoms with Crippen LogP contribution < -0.4 is 5.69 Å². The zero-order valence-corrected chi connectivity index (χ0v) is 15.9. The molecular formula is C20H13BrClN3O. The monoisotopic (exact) mass is 425 g/mol. The number of nitrogens with zero attached hydrogens (tertiary/aromatic N) is 3. The van der Waals surface area contributed by atoms with E-state index in [0.29, 0.717) is 16.5 Å². The van der Waals surface area contributed by atoms with Crippen LogP contribution in [0.15, 0.2) is 88.1 Å². The number of benzene rings is 3. The van der Waals surface area contributed by atoms with Crippen molar-refractivity contribution >= 4 is 27.5 Å². The van der Waals surface area contributed by atoms with Crippen LogP contribution in [0.3, 0.4) is 0 Å². The van der Waals surface area contributed by atoms with E-state index in [9.17, 15) is 4.79 Å². The van der Waals surface area contributed by atoms with Crippen LogP contribution >= 0.6 is 27.5 Å². The number of hydrogen-bond acceptors (Lipinski definition) is 2. The zero-order valence-electron chi connectivity index (χ0n) is 13.5. The maximum absolute atomic E-state index is 13.1. The molecule has 0 atom stereocenters. The molecule has 0 fully saturated rings. The molecule has 0 aliphatic heterocycles. The van der Waals surface area contributed by atoms with Crippen LogP contribution in [0.4, 0.5) is 0 Å². The molecule has 0 saturated heterocycles. The summed E-state index contributed by atoms with van der Waals surface area (Å²) in [5, 5.41) is 5.22. The third-order valence-electron chi connectivity index (χ3n) is 3.97. The topological polar surface area (TPSA) is 39.8 Å². The molecule has 4 rings (SSSR count). The largest absolute Gasteiger partial charge is 0.355 e. The van der Waals surface area contributed by atoms with Gasteiger partial charge in [-0.1, -0.05) is 45.7 Å². The minimum Gasteiger partial charge on any atom is -0.245 e. The number of para-hydroxylation sites is 1. The van der Waals surface area contributed by atoms with Gasteiger partial charge in [0.25, 0.3) is 0 Å². The second kappa shape index (κ2) is 6.94. The molecule has 4 nitrogen and oxygen atoms in total. The molecule has 3 aromatic carbocycles. The summed E-state index contributed by atoms with van der Waals surface area (Å²) >= 11 is 9.43. The second-order valence-electron chi connectivity index (χ2n) is 5.67. The van der Waals surface area contributed by atoms with Gasteiger partial charge in [-0.25, -0.2) is 9.36 Å². The van der Waals surface area contributed by atoms with Crippen molar-refractivity contribution in [1.82, 2.24) is 14.3 Å². The van der Waals surface area contributed by atoms with Crippen molar-refractivity contribution in [1.29, 1.82) is 0 Å². The van der Waals surface area contributed by atoms with Crippen LogP contribution in [0.1, 0.15) is 0 Å². The van der Waals surface area contributed by atoms with Crippen molar-refractivity contribution in [3.05, 3.63) is 98.8 Å². The zero-order chi connectivity index (χ0) is 18.1.